The predicted molar refractivity (Wildman–Crippen MR) is 88.8 cm³/mol. The number of halogens is 2. The van der Waals surface area contributed by atoms with Crippen molar-refractivity contribution in [3.05, 3.63) is 39.9 Å². The SMILES string of the molecule is CCN(CCNC(=O)C=Cc1ccc(Cl)c(Cl)c1)C1CC1. The number of carbonyl (C=O) groups excluding carboxylic acids is 1. The fraction of sp³-hybridized carbons (Fsp3) is 0.438. The van der Waals surface area contributed by atoms with Crippen molar-refractivity contribution in [3.63, 3.8) is 0 Å². The highest BCUT2D eigenvalue weighted by Crippen LogP contribution is 2.25. The molecule has 5 heteroatoms. The third-order valence-corrected chi connectivity index (χ3v) is 4.28. The molecule has 0 bridgehead atoms. The molecule has 0 spiro atoms. The lowest BCUT2D eigenvalue weighted by atomic mass is 10.2. The zero-order chi connectivity index (χ0) is 15.2. The van der Waals surface area contributed by atoms with Gasteiger partial charge in [0, 0.05) is 25.2 Å². The van der Waals surface area contributed by atoms with Gasteiger partial charge in [-0.3, -0.25) is 9.69 Å². The van der Waals surface area contributed by atoms with Crippen LogP contribution in [0, 0.1) is 0 Å². The second kappa shape index (κ2) is 7.83. The molecule has 0 radical (unpaired) electrons. The third-order valence-electron chi connectivity index (χ3n) is 3.54. The monoisotopic (exact) mass is 326 g/mol. The van der Waals surface area contributed by atoms with Crippen molar-refractivity contribution in [2.24, 2.45) is 0 Å². The molecule has 1 aliphatic rings. The minimum Gasteiger partial charge on any atom is -0.351 e. The average Bonchev–Trinajstić information content (AvgIpc) is 3.29. The first kappa shape index (κ1) is 16.3. The predicted octanol–water partition coefficient (Wildman–Crippen LogP) is 3.61. The normalized spacial score (nSPS) is 14.9. The van der Waals surface area contributed by atoms with Crippen molar-refractivity contribution in [1.29, 1.82) is 0 Å². The summed E-state index contributed by atoms with van der Waals surface area (Å²) in [4.78, 5) is 14.2. The molecule has 0 atom stereocenters. The number of rotatable bonds is 7. The van der Waals surface area contributed by atoms with Crippen molar-refractivity contribution >= 4 is 35.2 Å². The van der Waals surface area contributed by atoms with Gasteiger partial charge >= 0.3 is 0 Å². The van der Waals surface area contributed by atoms with Crippen LogP contribution >= 0.6 is 23.2 Å². The van der Waals surface area contributed by atoms with E-state index in [-0.39, 0.29) is 5.91 Å². The van der Waals surface area contributed by atoms with E-state index in [4.69, 9.17) is 23.2 Å². The molecule has 0 aromatic heterocycles. The quantitative estimate of drug-likeness (QED) is 0.776. The standard InChI is InChI=1S/C16H20Cl2N2O/c1-2-20(13-5-6-13)10-9-19-16(21)8-4-12-3-7-14(17)15(18)11-12/h3-4,7-8,11,13H,2,5-6,9-10H2,1H3,(H,19,21). The molecule has 1 amide bonds. The van der Waals surface area contributed by atoms with Gasteiger partial charge < -0.3 is 5.32 Å². The highest BCUT2D eigenvalue weighted by atomic mass is 35.5. The average molecular weight is 327 g/mol. The van der Waals surface area contributed by atoms with Crippen molar-refractivity contribution in [1.82, 2.24) is 10.2 Å². The molecule has 1 N–H and O–H groups in total. The number of hydrogen-bond donors (Lipinski definition) is 1. The van der Waals surface area contributed by atoms with E-state index in [2.05, 4.69) is 17.1 Å². The van der Waals surface area contributed by atoms with Gasteiger partial charge in [0.25, 0.3) is 0 Å². The van der Waals surface area contributed by atoms with Crippen LogP contribution in [-0.4, -0.2) is 36.5 Å². The number of carbonyl (C=O) groups is 1. The third kappa shape index (κ3) is 5.34. The van der Waals surface area contributed by atoms with E-state index in [9.17, 15) is 4.79 Å². The molecule has 0 saturated heterocycles. The maximum absolute atomic E-state index is 11.7. The molecule has 114 valence electrons. The largest absolute Gasteiger partial charge is 0.351 e. The van der Waals surface area contributed by atoms with Gasteiger partial charge in [-0.15, -0.1) is 0 Å². The first-order valence-electron chi connectivity index (χ1n) is 7.25. The highest BCUT2D eigenvalue weighted by molar-refractivity contribution is 6.42. The Morgan fingerprint density at radius 2 is 2.14 bits per heavy atom. The molecule has 1 saturated carbocycles. The number of amides is 1. The van der Waals surface area contributed by atoms with E-state index in [0.29, 0.717) is 16.6 Å². The minimum absolute atomic E-state index is 0.0899. The summed E-state index contributed by atoms with van der Waals surface area (Å²) in [5.41, 5.74) is 0.854. The maximum Gasteiger partial charge on any atom is 0.244 e. The van der Waals surface area contributed by atoms with Gasteiger partial charge in [-0.2, -0.15) is 0 Å². The maximum atomic E-state index is 11.7. The second-order valence-corrected chi connectivity index (χ2v) is 5.97. The topological polar surface area (TPSA) is 32.3 Å². The second-order valence-electron chi connectivity index (χ2n) is 5.16. The highest BCUT2D eigenvalue weighted by Gasteiger charge is 2.27. The van der Waals surface area contributed by atoms with Gasteiger partial charge in [0.05, 0.1) is 10.0 Å². The zero-order valence-electron chi connectivity index (χ0n) is 12.1. The Morgan fingerprint density at radius 1 is 1.38 bits per heavy atom. The first-order valence-corrected chi connectivity index (χ1v) is 8.00. The summed E-state index contributed by atoms with van der Waals surface area (Å²) in [5.74, 6) is -0.0899. The number of nitrogens with zero attached hydrogens (tertiary/aromatic N) is 1. The van der Waals surface area contributed by atoms with E-state index in [1.165, 1.54) is 18.9 Å². The molecule has 1 fully saturated rings. The lowest BCUT2D eigenvalue weighted by Gasteiger charge is -2.19. The van der Waals surface area contributed by atoms with Crippen LogP contribution in [0.25, 0.3) is 6.08 Å². The lowest BCUT2D eigenvalue weighted by Crippen LogP contribution is -2.35. The van der Waals surface area contributed by atoms with E-state index >= 15 is 0 Å². The summed E-state index contributed by atoms with van der Waals surface area (Å²) >= 11 is 11.8. The van der Waals surface area contributed by atoms with Gasteiger partial charge in [0.2, 0.25) is 5.91 Å². The van der Waals surface area contributed by atoms with Crippen molar-refractivity contribution in [2.75, 3.05) is 19.6 Å². The summed E-state index contributed by atoms with van der Waals surface area (Å²) in [5, 5.41) is 3.90. The molecular weight excluding hydrogens is 307 g/mol. The molecule has 1 aromatic rings. The number of hydrogen-bond acceptors (Lipinski definition) is 2. The van der Waals surface area contributed by atoms with Gasteiger partial charge in [-0.1, -0.05) is 36.2 Å². The minimum atomic E-state index is -0.0899. The molecule has 0 unspecified atom stereocenters. The lowest BCUT2D eigenvalue weighted by molar-refractivity contribution is -0.116. The van der Waals surface area contributed by atoms with Crippen LogP contribution in [-0.2, 0) is 4.79 Å². The van der Waals surface area contributed by atoms with Gasteiger partial charge in [0.15, 0.2) is 0 Å². The Bertz CT molecular complexity index is 527. The fourth-order valence-corrected chi connectivity index (χ4v) is 2.51. The van der Waals surface area contributed by atoms with Crippen LogP contribution in [0.2, 0.25) is 10.0 Å². The summed E-state index contributed by atoms with van der Waals surface area (Å²) in [6, 6.07) is 6.01. The Kier molecular flexibility index (Phi) is 6.09. The molecule has 2 rings (SSSR count). The van der Waals surface area contributed by atoms with Crippen molar-refractivity contribution in [2.45, 2.75) is 25.8 Å². The van der Waals surface area contributed by atoms with Crippen LogP contribution in [0.1, 0.15) is 25.3 Å². The molecule has 0 aliphatic heterocycles. The fourth-order valence-electron chi connectivity index (χ4n) is 2.21. The first-order chi connectivity index (χ1) is 10.1. The van der Waals surface area contributed by atoms with Crippen LogP contribution in [0.3, 0.4) is 0 Å². The molecular formula is C16H20Cl2N2O. The Labute approximate surface area is 135 Å². The van der Waals surface area contributed by atoms with E-state index in [1.807, 2.05) is 6.07 Å². The summed E-state index contributed by atoms with van der Waals surface area (Å²) in [6.45, 7) is 4.78. The Morgan fingerprint density at radius 3 is 2.76 bits per heavy atom. The smallest absolute Gasteiger partial charge is 0.244 e. The zero-order valence-corrected chi connectivity index (χ0v) is 13.6. The van der Waals surface area contributed by atoms with Gasteiger partial charge in [-0.05, 0) is 43.2 Å². The van der Waals surface area contributed by atoms with Crippen LogP contribution < -0.4 is 5.32 Å². The molecule has 3 nitrogen and oxygen atoms in total. The molecule has 1 aromatic carbocycles. The molecule has 1 aliphatic carbocycles. The van der Waals surface area contributed by atoms with Gasteiger partial charge in [-0.25, -0.2) is 0 Å². The number of benzene rings is 1. The number of likely N-dealkylation sites (N-methyl/N-ethyl adjacent to an activating group) is 1. The Hall–Kier alpha value is -1.03. The van der Waals surface area contributed by atoms with Crippen LogP contribution in [0.4, 0.5) is 0 Å². The van der Waals surface area contributed by atoms with Crippen LogP contribution in [0.5, 0.6) is 0 Å². The van der Waals surface area contributed by atoms with E-state index in [1.54, 1.807) is 18.2 Å². The van der Waals surface area contributed by atoms with E-state index < -0.39 is 0 Å². The van der Waals surface area contributed by atoms with Crippen molar-refractivity contribution < 1.29 is 4.79 Å². The summed E-state index contributed by atoms with van der Waals surface area (Å²) in [7, 11) is 0. The summed E-state index contributed by atoms with van der Waals surface area (Å²) in [6.07, 6.45) is 5.83. The molecule has 21 heavy (non-hydrogen) atoms. The van der Waals surface area contributed by atoms with Crippen molar-refractivity contribution in [3.8, 4) is 0 Å². The molecule has 0 heterocycles. The number of nitrogens with one attached hydrogen (secondary N) is 1. The van der Waals surface area contributed by atoms with E-state index in [0.717, 1.165) is 24.7 Å². The Balaban J connectivity index is 1.75. The van der Waals surface area contributed by atoms with Crippen LogP contribution in [0.15, 0.2) is 24.3 Å². The van der Waals surface area contributed by atoms with Gasteiger partial charge in [0.1, 0.15) is 0 Å². The summed E-state index contributed by atoms with van der Waals surface area (Å²) < 4.78 is 0.